The second-order valence-corrected chi connectivity index (χ2v) is 7.45. The minimum Gasteiger partial charge on any atom is -0.490 e. The Balaban J connectivity index is 1.85. The number of benzene rings is 2. The normalized spacial score (nSPS) is 17.0. The van der Waals surface area contributed by atoms with Gasteiger partial charge in [0.15, 0.2) is 0 Å². The van der Waals surface area contributed by atoms with Crippen molar-refractivity contribution >= 4 is 11.6 Å². The number of halogens is 1. The van der Waals surface area contributed by atoms with Crippen LogP contribution < -0.4 is 10.1 Å². The third-order valence-corrected chi connectivity index (χ3v) is 5.51. The number of hydrogen-bond donors (Lipinski definition) is 1. The molecular weight excluding hydrogens is 357 g/mol. The monoisotopic (exact) mass is 385 g/mol. The molecule has 1 amide bonds. The summed E-state index contributed by atoms with van der Waals surface area (Å²) in [7, 11) is 0. The number of nitrogens with one attached hydrogen (secondary N) is 1. The third-order valence-electron chi connectivity index (χ3n) is 5.51. The summed E-state index contributed by atoms with van der Waals surface area (Å²) in [4.78, 5) is 13.3. The quantitative estimate of drug-likeness (QED) is 0.761. The number of ether oxygens (including phenoxy) is 2. The number of amides is 1. The van der Waals surface area contributed by atoms with Crippen LogP contribution in [0.1, 0.15) is 44.2 Å². The topological polar surface area (TPSA) is 47.6 Å². The van der Waals surface area contributed by atoms with Crippen LogP contribution in [0, 0.1) is 12.7 Å². The zero-order valence-electron chi connectivity index (χ0n) is 16.8. The first-order valence-corrected chi connectivity index (χ1v) is 9.88. The molecule has 1 saturated heterocycles. The summed E-state index contributed by atoms with van der Waals surface area (Å²) in [5, 5.41) is 3.00. The van der Waals surface area contributed by atoms with E-state index in [0.29, 0.717) is 37.3 Å². The molecule has 28 heavy (non-hydrogen) atoms. The molecule has 1 heterocycles. The minimum atomic E-state index is -0.927. The molecule has 0 saturated carbocycles. The van der Waals surface area contributed by atoms with E-state index in [1.165, 1.54) is 6.07 Å². The van der Waals surface area contributed by atoms with Crippen molar-refractivity contribution in [3.8, 4) is 5.75 Å². The molecular formula is C23H28FNO3. The van der Waals surface area contributed by atoms with Crippen LogP contribution in [0.5, 0.6) is 5.75 Å². The number of rotatable bonds is 6. The van der Waals surface area contributed by atoms with E-state index in [1.807, 2.05) is 32.0 Å². The molecule has 2 aromatic rings. The van der Waals surface area contributed by atoms with Crippen molar-refractivity contribution in [1.82, 2.24) is 0 Å². The van der Waals surface area contributed by atoms with Gasteiger partial charge in [0.1, 0.15) is 11.6 Å². The fourth-order valence-electron chi connectivity index (χ4n) is 3.60. The number of hydrogen-bond acceptors (Lipinski definition) is 3. The van der Waals surface area contributed by atoms with Crippen molar-refractivity contribution in [3.05, 3.63) is 59.4 Å². The highest BCUT2D eigenvalue weighted by Crippen LogP contribution is 2.38. The van der Waals surface area contributed by atoms with Crippen molar-refractivity contribution in [2.24, 2.45) is 0 Å². The lowest BCUT2D eigenvalue weighted by Gasteiger charge is -2.36. The van der Waals surface area contributed by atoms with Gasteiger partial charge >= 0.3 is 0 Å². The standard InChI is InChI=1S/C23H28FNO3/c1-4-17(3)28-21-10-9-18(15-16(21)2)25-22(26)23(11-13-27-14-12-23)19-7-5-6-8-20(19)24/h5-10,15,17H,4,11-14H2,1-3H3,(H,25,26)/t17-/m0/s1. The predicted octanol–water partition coefficient (Wildman–Crippen LogP) is 5.00. The van der Waals surface area contributed by atoms with Crippen LogP contribution in [0.3, 0.4) is 0 Å². The third kappa shape index (κ3) is 4.20. The maximum atomic E-state index is 14.6. The lowest BCUT2D eigenvalue weighted by molar-refractivity contribution is -0.125. The van der Waals surface area contributed by atoms with E-state index >= 15 is 0 Å². The Morgan fingerprint density at radius 2 is 1.96 bits per heavy atom. The smallest absolute Gasteiger partial charge is 0.235 e. The van der Waals surface area contributed by atoms with Crippen molar-refractivity contribution in [3.63, 3.8) is 0 Å². The Hall–Kier alpha value is -2.40. The summed E-state index contributed by atoms with van der Waals surface area (Å²) < 4.78 is 25.9. The fraction of sp³-hybridized carbons (Fsp3) is 0.435. The molecule has 1 N–H and O–H groups in total. The zero-order valence-corrected chi connectivity index (χ0v) is 16.8. The van der Waals surface area contributed by atoms with E-state index in [2.05, 4.69) is 12.2 Å². The molecule has 0 unspecified atom stereocenters. The van der Waals surface area contributed by atoms with Crippen LogP contribution in [0.15, 0.2) is 42.5 Å². The van der Waals surface area contributed by atoms with E-state index in [4.69, 9.17) is 9.47 Å². The first kappa shape index (κ1) is 20.3. The van der Waals surface area contributed by atoms with Crippen LogP contribution in [-0.4, -0.2) is 25.2 Å². The number of carbonyl (C=O) groups excluding carboxylic acids is 1. The highest BCUT2D eigenvalue weighted by atomic mass is 19.1. The maximum Gasteiger partial charge on any atom is 0.235 e. The molecule has 150 valence electrons. The van der Waals surface area contributed by atoms with Crippen LogP contribution in [-0.2, 0) is 14.9 Å². The molecule has 1 atom stereocenters. The molecule has 0 aromatic heterocycles. The first-order chi connectivity index (χ1) is 13.5. The predicted molar refractivity (Wildman–Crippen MR) is 108 cm³/mol. The highest BCUT2D eigenvalue weighted by Gasteiger charge is 2.43. The largest absolute Gasteiger partial charge is 0.490 e. The van der Waals surface area contributed by atoms with E-state index < -0.39 is 5.41 Å². The summed E-state index contributed by atoms with van der Waals surface area (Å²) in [6, 6.07) is 12.1. The Labute approximate surface area is 166 Å². The van der Waals surface area contributed by atoms with Gasteiger partial charge in [0.25, 0.3) is 0 Å². The van der Waals surface area contributed by atoms with E-state index in [0.717, 1.165) is 17.7 Å². The van der Waals surface area contributed by atoms with E-state index in [9.17, 15) is 9.18 Å². The van der Waals surface area contributed by atoms with Gasteiger partial charge < -0.3 is 14.8 Å². The summed E-state index contributed by atoms with van der Waals surface area (Å²) in [6.07, 6.45) is 1.96. The van der Waals surface area contributed by atoms with E-state index in [-0.39, 0.29) is 17.8 Å². The molecule has 0 spiro atoms. The van der Waals surface area contributed by atoms with Gasteiger partial charge in [-0.2, -0.15) is 0 Å². The summed E-state index contributed by atoms with van der Waals surface area (Å²) in [6.45, 7) is 6.92. The fourth-order valence-corrected chi connectivity index (χ4v) is 3.60. The highest BCUT2D eigenvalue weighted by molar-refractivity contribution is 5.99. The van der Waals surface area contributed by atoms with Crippen molar-refractivity contribution < 1.29 is 18.7 Å². The van der Waals surface area contributed by atoms with Crippen molar-refractivity contribution in [2.75, 3.05) is 18.5 Å². The van der Waals surface area contributed by atoms with Crippen molar-refractivity contribution in [2.45, 2.75) is 51.6 Å². The minimum absolute atomic E-state index is 0.130. The molecule has 4 nitrogen and oxygen atoms in total. The summed E-state index contributed by atoms with van der Waals surface area (Å²) in [5.41, 5.74) is 1.14. The Morgan fingerprint density at radius 3 is 2.61 bits per heavy atom. The van der Waals surface area contributed by atoms with Gasteiger partial charge in [-0.05, 0) is 62.9 Å². The van der Waals surface area contributed by atoms with Gasteiger partial charge in [-0.15, -0.1) is 0 Å². The first-order valence-electron chi connectivity index (χ1n) is 9.88. The lowest BCUT2D eigenvalue weighted by atomic mass is 9.73. The number of anilines is 1. The van der Waals surface area contributed by atoms with Gasteiger partial charge in [0.05, 0.1) is 11.5 Å². The molecule has 2 aromatic carbocycles. The molecule has 3 rings (SSSR count). The van der Waals surface area contributed by atoms with Crippen LogP contribution in [0.25, 0.3) is 0 Å². The Morgan fingerprint density at radius 1 is 1.25 bits per heavy atom. The average Bonchev–Trinajstić information content (AvgIpc) is 2.70. The SMILES string of the molecule is CC[C@H](C)Oc1ccc(NC(=O)C2(c3ccccc3F)CCOCC2)cc1C. The number of carbonyl (C=O) groups is 1. The molecule has 5 heteroatoms. The molecule has 0 radical (unpaired) electrons. The maximum absolute atomic E-state index is 14.6. The van der Waals surface area contributed by atoms with E-state index in [1.54, 1.807) is 18.2 Å². The number of aryl methyl sites for hydroxylation is 1. The second-order valence-electron chi connectivity index (χ2n) is 7.45. The molecule has 1 aliphatic heterocycles. The van der Waals surface area contributed by atoms with Crippen LogP contribution >= 0.6 is 0 Å². The van der Waals surface area contributed by atoms with Gasteiger partial charge in [-0.1, -0.05) is 25.1 Å². The average molecular weight is 385 g/mol. The molecule has 0 bridgehead atoms. The van der Waals surface area contributed by atoms with Gasteiger partial charge in [-0.3, -0.25) is 4.79 Å². The van der Waals surface area contributed by atoms with Crippen molar-refractivity contribution in [1.29, 1.82) is 0 Å². The molecule has 1 fully saturated rings. The lowest BCUT2D eigenvalue weighted by Crippen LogP contribution is -2.45. The molecule has 0 aliphatic carbocycles. The van der Waals surface area contributed by atoms with Gasteiger partial charge in [0, 0.05) is 24.5 Å². The summed E-state index contributed by atoms with van der Waals surface area (Å²) in [5.74, 6) is 0.256. The van der Waals surface area contributed by atoms with Crippen LogP contribution in [0.2, 0.25) is 0 Å². The van der Waals surface area contributed by atoms with Gasteiger partial charge in [-0.25, -0.2) is 4.39 Å². The second kappa shape index (κ2) is 8.74. The summed E-state index contributed by atoms with van der Waals surface area (Å²) >= 11 is 0. The van der Waals surface area contributed by atoms with Crippen LogP contribution in [0.4, 0.5) is 10.1 Å². The zero-order chi connectivity index (χ0) is 20.1. The van der Waals surface area contributed by atoms with Gasteiger partial charge in [0.2, 0.25) is 5.91 Å². The Kier molecular flexibility index (Phi) is 6.35. The molecule has 1 aliphatic rings. The Bertz CT molecular complexity index is 830.